The van der Waals surface area contributed by atoms with Crippen LogP contribution in [0.3, 0.4) is 0 Å². The highest BCUT2D eigenvalue weighted by Gasteiger charge is 2.20. The summed E-state index contributed by atoms with van der Waals surface area (Å²) >= 11 is 6.25. The molecule has 1 aromatic heterocycles. The Kier molecular flexibility index (Phi) is 6.28. The van der Waals surface area contributed by atoms with Gasteiger partial charge in [-0.2, -0.15) is 0 Å². The van der Waals surface area contributed by atoms with Gasteiger partial charge in [0.25, 0.3) is 5.91 Å². The largest absolute Gasteiger partial charge is 0.457 e. The van der Waals surface area contributed by atoms with E-state index in [0.717, 1.165) is 22.6 Å². The van der Waals surface area contributed by atoms with Crippen molar-refractivity contribution in [3.05, 3.63) is 120 Å². The van der Waals surface area contributed by atoms with Crippen LogP contribution < -0.4 is 10.1 Å². The second-order valence-corrected chi connectivity index (χ2v) is 8.30. The Morgan fingerprint density at radius 1 is 0.857 bits per heavy atom. The van der Waals surface area contributed by atoms with E-state index in [1.54, 1.807) is 28.9 Å². The van der Waals surface area contributed by atoms with Crippen LogP contribution in [0.1, 0.15) is 16.2 Å². The van der Waals surface area contributed by atoms with Gasteiger partial charge in [0.1, 0.15) is 11.5 Å². The van der Waals surface area contributed by atoms with E-state index in [9.17, 15) is 4.79 Å². The van der Waals surface area contributed by atoms with Crippen molar-refractivity contribution in [1.82, 2.24) is 14.8 Å². The van der Waals surface area contributed by atoms with Crippen LogP contribution in [0.4, 0.5) is 5.69 Å². The summed E-state index contributed by atoms with van der Waals surface area (Å²) in [7, 11) is 0. The van der Waals surface area contributed by atoms with E-state index in [1.165, 1.54) is 0 Å². The molecule has 0 saturated heterocycles. The number of aryl methyl sites for hydroxylation is 1. The number of rotatable bonds is 6. The van der Waals surface area contributed by atoms with Crippen LogP contribution in [-0.4, -0.2) is 20.7 Å². The first-order chi connectivity index (χ1) is 17.1. The third-order valence-electron chi connectivity index (χ3n) is 5.33. The van der Waals surface area contributed by atoms with Crippen LogP contribution in [-0.2, 0) is 0 Å². The fraction of sp³-hybridized carbons (Fsp3) is 0.0357. The number of para-hydroxylation sites is 1. The molecule has 1 heterocycles. The number of hydrogen-bond acceptors (Lipinski definition) is 4. The lowest BCUT2D eigenvalue weighted by atomic mass is 10.2. The van der Waals surface area contributed by atoms with E-state index in [1.807, 2.05) is 85.8 Å². The van der Waals surface area contributed by atoms with Crippen LogP contribution in [0.5, 0.6) is 11.5 Å². The number of hydrogen-bond donors (Lipinski definition) is 1. The molecule has 0 aliphatic heterocycles. The van der Waals surface area contributed by atoms with Gasteiger partial charge in [0.15, 0.2) is 5.82 Å². The fourth-order valence-electron chi connectivity index (χ4n) is 3.58. The van der Waals surface area contributed by atoms with Crippen LogP contribution in [0.15, 0.2) is 103 Å². The number of aromatic nitrogens is 3. The minimum Gasteiger partial charge on any atom is -0.457 e. The van der Waals surface area contributed by atoms with Crippen molar-refractivity contribution in [2.24, 2.45) is 0 Å². The number of amides is 1. The molecule has 5 aromatic rings. The predicted octanol–water partition coefficient (Wildman–Crippen LogP) is 6.94. The summed E-state index contributed by atoms with van der Waals surface area (Å²) in [5.41, 5.74) is 3.15. The monoisotopic (exact) mass is 480 g/mol. The van der Waals surface area contributed by atoms with Crippen LogP contribution in [0.25, 0.3) is 17.1 Å². The van der Waals surface area contributed by atoms with E-state index in [0.29, 0.717) is 22.3 Å². The van der Waals surface area contributed by atoms with Gasteiger partial charge in [0, 0.05) is 16.3 Å². The van der Waals surface area contributed by atoms with Crippen molar-refractivity contribution < 1.29 is 9.53 Å². The molecular weight excluding hydrogens is 460 g/mol. The van der Waals surface area contributed by atoms with Crippen LogP contribution >= 0.6 is 11.6 Å². The number of carbonyl (C=O) groups excluding carboxylic acids is 1. The highest BCUT2D eigenvalue weighted by molar-refractivity contribution is 6.30. The maximum atomic E-state index is 13.1. The smallest absolute Gasteiger partial charge is 0.295 e. The summed E-state index contributed by atoms with van der Waals surface area (Å²) in [6.07, 6.45) is 0. The summed E-state index contributed by atoms with van der Waals surface area (Å²) in [6.45, 7) is 1.96. The highest BCUT2D eigenvalue weighted by Crippen LogP contribution is 2.26. The second kappa shape index (κ2) is 9.83. The lowest BCUT2D eigenvalue weighted by Gasteiger charge is -2.09. The quantitative estimate of drug-likeness (QED) is 0.286. The van der Waals surface area contributed by atoms with E-state index >= 15 is 0 Å². The summed E-state index contributed by atoms with van der Waals surface area (Å²) in [5, 5.41) is 7.97. The minimum atomic E-state index is -0.419. The first-order valence-corrected chi connectivity index (χ1v) is 11.4. The molecule has 172 valence electrons. The average molecular weight is 481 g/mol. The van der Waals surface area contributed by atoms with Gasteiger partial charge in [0.05, 0.1) is 5.69 Å². The van der Waals surface area contributed by atoms with Gasteiger partial charge >= 0.3 is 0 Å². The van der Waals surface area contributed by atoms with Crippen molar-refractivity contribution in [3.8, 4) is 28.6 Å². The van der Waals surface area contributed by atoms with E-state index in [2.05, 4.69) is 15.4 Å². The van der Waals surface area contributed by atoms with Crippen molar-refractivity contribution in [2.45, 2.75) is 6.92 Å². The van der Waals surface area contributed by atoms with Crippen molar-refractivity contribution in [2.75, 3.05) is 5.32 Å². The number of benzene rings is 4. The molecule has 35 heavy (non-hydrogen) atoms. The van der Waals surface area contributed by atoms with Gasteiger partial charge < -0.3 is 10.1 Å². The molecule has 0 aliphatic carbocycles. The maximum Gasteiger partial charge on any atom is 0.295 e. The van der Waals surface area contributed by atoms with Crippen LogP contribution in [0, 0.1) is 6.92 Å². The van der Waals surface area contributed by atoms with Gasteiger partial charge in [-0.1, -0.05) is 66.2 Å². The van der Waals surface area contributed by atoms with Gasteiger partial charge in [-0.25, -0.2) is 9.67 Å². The Balaban J connectivity index is 1.42. The molecule has 1 N–H and O–H groups in total. The molecule has 0 saturated carbocycles. The summed E-state index contributed by atoms with van der Waals surface area (Å²) in [4.78, 5) is 17.6. The number of halogens is 1. The molecule has 0 radical (unpaired) electrons. The van der Waals surface area contributed by atoms with Crippen molar-refractivity contribution in [1.29, 1.82) is 0 Å². The molecule has 0 atom stereocenters. The molecule has 6 nitrogen and oxygen atoms in total. The zero-order chi connectivity index (χ0) is 24.2. The third kappa shape index (κ3) is 5.08. The predicted molar refractivity (Wildman–Crippen MR) is 137 cm³/mol. The maximum absolute atomic E-state index is 13.1. The minimum absolute atomic E-state index is 0.0489. The molecule has 0 spiro atoms. The Bertz CT molecular complexity index is 1470. The van der Waals surface area contributed by atoms with E-state index in [4.69, 9.17) is 16.3 Å². The summed E-state index contributed by atoms with van der Waals surface area (Å²) in [6, 6.07) is 31.8. The third-order valence-corrected chi connectivity index (χ3v) is 5.57. The molecular formula is C28H21ClN4O2. The van der Waals surface area contributed by atoms with Gasteiger partial charge in [-0.3, -0.25) is 4.79 Å². The zero-order valence-electron chi connectivity index (χ0n) is 18.9. The normalized spacial score (nSPS) is 10.7. The first kappa shape index (κ1) is 22.4. The van der Waals surface area contributed by atoms with Crippen molar-refractivity contribution in [3.63, 3.8) is 0 Å². The van der Waals surface area contributed by atoms with E-state index in [-0.39, 0.29) is 5.82 Å². The number of carbonyl (C=O) groups is 1. The molecule has 0 fully saturated rings. The fourth-order valence-corrected chi connectivity index (χ4v) is 3.75. The molecule has 7 heteroatoms. The summed E-state index contributed by atoms with van der Waals surface area (Å²) in [5.74, 6) is 1.58. The molecule has 1 amide bonds. The standard InChI is InChI=1S/C28H21ClN4O2/c1-19-12-13-21(29)18-25(19)33-27(20-8-4-2-5-9-20)31-26(32-33)28(34)30-22-14-16-24(17-15-22)35-23-10-6-3-7-11-23/h2-18H,1H3,(H,30,34). The van der Waals surface area contributed by atoms with Crippen molar-refractivity contribution >= 4 is 23.2 Å². The van der Waals surface area contributed by atoms with E-state index < -0.39 is 5.91 Å². The Morgan fingerprint density at radius 3 is 2.23 bits per heavy atom. The lowest BCUT2D eigenvalue weighted by Crippen LogP contribution is -2.14. The van der Waals surface area contributed by atoms with Crippen LogP contribution in [0.2, 0.25) is 5.02 Å². The number of nitrogens with one attached hydrogen (secondary N) is 1. The van der Waals surface area contributed by atoms with Gasteiger partial charge in [0.2, 0.25) is 5.82 Å². The molecule has 5 rings (SSSR count). The van der Waals surface area contributed by atoms with Gasteiger partial charge in [-0.15, -0.1) is 5.10 Å². The molecule has 0 aliphatic rings. The molecule has 0 bridgehead atoms. The topological polar surface area (TPSA) is 69.0 Å². The molecule has 0 unspecified atom stereocenters. The average Bonchev–Trinajstić information content (AvgIpc) is 3.33. The Morgan fingerprint density at radius 2 is 1.51 bits per heavy atom. The number of anilines is 1. The molecule has 4 aromatic carbocycles. The SMILES string of the molecule is Cc1ccc(Cl)cc1-n1nc(C(=O)Nc2ccc(Oc3ccccc3)cc2)nc1-c1ccccc1. The highest BCUT2D eigenvalue weighted by atomic mass is 35.5. The number of nitrogens with zero attached hydrogens (tertiary/aromatic N) is 3. The van der Waals surface area contributed by atoms with Gasteiger partial charge in [-0.05, 0) is 61.0 Å². The zero-order valence-corrected chi connectivity index (χ0v) is 19.6. The number of ether oxygens (including phenoxy) is 1. The lowest BCUT2D eigenvalue weighted by molar-refractivity contribution is 0.101. The summed E-state index contributed by atoms with van der Waals surface area (Å²) < 4.78 is 7.46. The Hall–Kier alpha value is -4.42. The first-order valence-electron chi connectivity index (χ1n) is 11.0. The Labute approximate surface area is 207 Å². The second-order valence-electron chi connectivity index (χ2n) is 7.86.